The Morgan fingerprint density at radius 2 is 2.41 bits per heavy atom. The number of carbonyl (C=O) groups excluding carboxylic acids is 1. The van der Waals surface area contributed by atoms with Crippen molar-refractivity contribution in [3.63, 3.8) is 0 Å². The second-order valence-corrected chi connectivity index (χ2v) is 5.25. The van der Waals surface area contributed by atoms with E-state index in [1.807, 2.05) is 13.0 Å². The number of amides is 1. The first-order valence-electron chi connectivity index (χ1n) is 5.75. The van der Waals surface area contributed by atoms with E-state index in [9.17, 15) is 4.79 Å². The first-order valence-corrected chi connectivity index (χ1v) is 6.54. The maximum absolute atomic E-state index is 11.2. The van der Waals surface area contributed by atoms with Gasteiger partial charge in [0.15, 0.2) is 0 Å². The third-order valence-electron chi connectivity index (χ3n) is 3.19. The standard InChI is InChI=1S/C12H16BrN3O/c1-8-4-5-15-12(10(8)13)16-6-2-3-9(7-16)11(14)17/h4-5,9H,2-3,6-7H2,1H3,(H2,14,17). The minimum absolute atomic E-state index is 0.0574. The second kappa shape index (κ2) is 5.04. The van der Waals surface area contributed by atoms with Gasteiger partial charge in [0.2, 0.25) is 5.91 Å². The predicted octanol–water partition coefficient (Wildman–Crippen LogP) is 1.85. The van der Waals surface area contributed by atoms with Crippen molar-refractivity contribution in [2.24, 2.45) is 11.7 Å². The molecule has 1 aromatic heterocycles. The van der Waals surface area contributed by atoms with E-state index >= 15 is 0 Å². The number of anilines is 1. The van der Waals surface area contributed by atoms with Gasteiger partial charge in [-0.25, -0.2) is 4.98 Å². The van der Waals surface area contributed by atoms with E-state index in [0.717, 1.165) is 35.2 Å². The topological polar surface area (TPSA) is 59.2 Å². The summed E-state index contributed by atoms with van der Waals surface area (Å²) in [6, 6.07) is 1.96. The first-order chi connectivity index (χ1) is 8.09. The number of primary amides is 1. The van der Waals surface area contributed by atoms with Gasteiger partial charge in [-0.05, 0) is 47.3 Å². The summed E-state index contributed by atoms with van der Waals surface area (Å²) in [6.07, 6.45) is 3.66. The zero-order chi connectivity index (χ0) is 12.4. The van der Waals surface area contributed by atoms with Gasteiger partial charge < -0.3 is 10.6 Å². The van der Waals surface area contributed by atoms with Crippen LogP contribution in [-0.2, 0) is 4.79 Å². The van der Waals surface area contributed by atoms with Crippen molar-refractivity contribution < 1.29 is 4.79 Å². The molecule has 0 aliphatic carbocycles. The van der Waals surface area contributed by atoms with Crippen LogP contribution in [-0.4, -0.2) is 24.0 Å². The fraction of sp³-hybridized carbons (Fsp3) is 0.500. The number of pyridine rings is 1. The second-order valence-electron chi connectivity index (χ2n) is 4.45. The molecule has 1 fully saturated rings. The highest BCUT2D eigenvalue weighted by Gasteiger charge is 2.25. The number of nitrogens with zero attached hydrogens (tertiary/aromatic N) is 2. The molecule has 2 N–H and O–H groups in total. The molecule has 0 radical (unpaired) electrons. The molecule has 0 spiro atoms. The van der Waals surface area contributed by atoms with Crippen LogP contribution in [0.2, 0.25) is 0 Å². The van der Waals surface area contributed by atoms with E-state index in [-0.39, 0.29) is 11.8 Å². The molecule has 2 rings (SSSR count). The Hall–Kier alpha value is -1.10. The zero-order valence-electron chi connectivity index (χ0n) is 9.82. The Morgan fingerprint density at radius 1 is 1.65 bits per heavy atom. The number of carbonyl (C=O) groups is 1. The lowest BCUT2D eigenvalue weighted by molar-refractivity contribution is -0.122. The summed E-state index contributed by atoms with van der Waals surface area (Å²) >= 11 is 3.55. The molecule has 1 aliphatic heterocycles. The Labute approximate surface area is 109 Å². The molecule has 1 aromatic rings. The van der Waals surface area contributed by atoms with Gasteiger partial charge in [0.05, 0.1) is 10.4 Å². The monoisotopic (exact) mass is 297 g/mol. The lowest BCUT2D eigenvalue weighted by atomic mass is 9.97. The fourth-order valence-electron chi connectivity index (χ4n) is 2.15. The molecule has 17 heavy (non-hydrogen) atoms. The molecule has 0 aromatic carbocycles. The number of piperidine rings is 1. The fourth-order valence-corrected chi connectivity index (χ4v) is 2.63. The van der Waals surface area contributed by atoms with Gasteiger partial charge >= 0.3 is 0 Å². The molecule has 5 heteroatoms. The summed E-state index contributed by atoms with van der Waals surface area (Å²) in [4.78, 5) is 17.8. The quantitative estimate of drug-likeness (QED) is 0.906. The maximum atomic E-state index is 11.2. The van der Waals surface area contributed by atoms with Crippen molar-refractivity contribution in [3.05, 3.63) is 22.3 Å². The van der Waals surface area contributed by atoms with Gasteiger partial charge in [-0.15, -0.1) is 0 Å². The molecule has 4 nitrogen and oxygen atoms in total. The molecule has 1 unspecified atom stereocenters. The van der Waals surface area contributed by atoms with Crippen molar-refractivity contribution in [1.82, 2.24) is 4.98 Å². The van der Waals surface area contributed by atoms with Gasteiger partial charge in [0.1, 0.15) is 5.82 Å². The lowest BCUT2D eigenvalue weighted by Crippen LogP contribution is -2.41. The number of aryl methyl sites for hydroxylation is 1. The number of aromatic nitrogens is 1. The van der Waals surface area contributed by atoms with Crippen LogP contribution in [0.1, 0.15) is 18.4 Å². The number of nitrogens with two attached hydrogens (primary N) is 1. The SMILES string of the molecule is Cc1ccnc(N2CCCC(C(N)=O)C2)c1Br. The first kappa shape index (κ1) is 12.4. The third-order valence-corrected chi connectivity index (χ3v) is 4.17. The van der Waals surface area contributed by atoms with Crippen LogP contribution in [0.5, 0.6) is 0 Å². The Bertz CT molecular complexity index is 436. The van der Waals surface area contributed by atoms with E-state index in [2.05, 4.69) is 25.8 Å². The Balaban J connectivity index is 2.22. The minimum Gasteiger partial charge on any atom is -0.369 e. The van der Waals surface area contributed by atoms with Crippen LogP contribution >= 0.6 is 15.9 Å². The number of rotatable bonds is 2. The minimum atomic E-state index is -0.210. The van der Waals surface area contributed by atoms with Crippen molar-refractivity contribution in [2.75, 3.05) is 18.0 Å². The van der Waals surface area contributed by atoms with E-state index in [1.54, 1.807) is 6.20 Å². The average molecular weight is 298 g/mol. The van der Waals surface area contributed by atoms with Crippen LogP contribution in [0, 0.1) is 12.8 Å². The molecule has 1 atom stereocenters. The van der Waals surface area contributed by atoms with Crippen molar-refractivity contribution in [2.45, 2.75) is 19.8 Å². The molecular weight excluding hydrogens is 282 g/mol. The van der Waals surface area contributed by atoms with Gasteiger partial charge in [-0.3, -0.25) is 4.79 Å². The summed E-state index contributed by atoms with van der Waals surface area (Å²) in [6.45, 7) is 3.63. The normalized spacial score (nSPS) is 20.4. The zero-order valence-corrected chi connectivity index (χ0v) is 11.4. The molecule has 2 heterocycles. The molecule has 1 aliphatic rings. The highest BCUT2D eigenvalue weighted by Crippen LogP contribution is 2.30. The van der Waals surface area contributed by atoms with Crippen molar-refractivity contribution >= 4 is 27.7 Å². The van der Waals surface area contributed by atoms with Gasteiger partial charge in [-0.1, -0.05) is 0 Å². The van der Waals surface area contributed by atoms with Crippen LogP contribution in [0.4, 0.5) is 5.82 Å². The van der Waals surface area contributed by atoms with Gasteiger partial charge in [0.25, 0.3) is 0 Å². The number of halogens is 1. The molecule has 0 bridgehead atoms. The smallest absolute Gasteiger partial charge is 0.222 e. The summed E-state index contributed by atoms with van der Waals surface area (Å²) in [7, 11) is 0. The van der Waals surface area contributed by atoms with Gasteiger partial charge in [0, 0.05) is 19.3 Å². The Morgan fingerprint density at radius 3 is 3.12 bits per heavy atom. The lowest BCUT2D eigenvalue weighted by Gasteiger charge is -2.32. The van der Waals surface area contributed by atoms with Crippen molar-refractivity contribution in [1.29, 1.82) is 0 Å². The molecule has 0 saturated carbocycles. The molecular formula is C12H16BrN3O. The molecule has 92 valence electrons. The largest absolute Gasteiger partial charge is 0.369 e. The summed E-state index contributed by atoms with van der Waals surface area (Å²) in [5.74, 6) is 0.646. The van der Waals surface area contributed by atoms with E-state index in [1.165, 1.54) is 0 Å². The van der Waals surface area contributed by atoms with Gasteiger partial charge in [-0.2, -0.15) is 0 Å². The van der Waals surface area contributed by atoms with E-state index in [0.29, 0.717) is 6.54 Å². The maximum Gasteiger partial charge on any atom is 0.222 e. The average Bonchev–Trinajstić information content (AvgIpc) is 2.33. The molecule has 1 saturated heterocycles. The van der Waals surface area contributed by atoms with Crippen LogP contribution in [0.3, 0.4) is 0 Å². The highest BCUT2D eigenvalue weighted by molar-refractivity contribution is 9.10. The van der Waals surface area contributed by atoms with Crippen LogP contribution < -0.4 is 10.6 Å². The van der Waals surface area contributed by atoms with Crippen LogP contribution in [0.25, 0.3) is 0 Å². The predicted molar refractivity (Wildman–Crippen MR) is 70.8 cm³/mol. The third kappa shape index (κ3) is 2.60. The van der Waals surface area contributed by atoms with E-state index < -0.39 is 0 Å². The van der Waals surface area contributed by atoms with Crippen LogP contribution in [0.15, 0.2) is 16.7 Å². The molecule has 1 amide bonds. The summed E-state index contributed by atoms with van der Waals surface area (Å²) in [5, 5.41) is 0. The summed E-state index contributed by atoms with van der Waals surface area (Å²) in [5.41, 5.74) is 6.53. The van der Waals surface area contributed by atoms with Crippen molar-refractivity contribution in [3.8, 4) is 0 Å². The number of hydrogen-bond donors (Lipinski definition) is 1. The summed E-state index contributed by atoms with van der Waals surface area (Å²) < 4.78 is 1.00. The van der Waals surface area contributed by atoms with E-state index in [4.69, 9.17) is 5.73 Å². The highest BCUT2D eigenvalue weighted by atomic mass is 79.9. The number of hydrogen-bond acceptors (Lipinski definition) is 3. The Kier molecular flexibility index (Phi) is 3.66.